The highest BCUT2D eigenvalue weighted by Crippen LogP contribution is 2.14. The molecule has 0 aliphatic rings. The van der Waals surface area contributed by atoms with E-state index in [-0.39, 0.29) is 5.91 Å². The fraction of sp³-hybridized carbons (Fsp3) is 0.0769. The van der Waals surface area contributed by atoms with Crippen molar-refractivity contribution in [3.05, 3.63) is 52.2 Å². The van der Waals surface area contributed by atoms with E-state index in [1.54, 1.807) is 25.1 Å². The Morgan fingerprint density at radius 1 is 1.24 bits per heavy atom. The van der Waals surface area contributed by atoms with Gasteiger partial charge in [-0.3, -0.25) is 4.79 Å². The summed E-state index contributed by atoms with van der Waals surface area (Å²) in [6, 6.07) is 10.9. The van der Waals surface area contributed by atoms with Crippen molar-refractivity contribution in [1.29, 1.82) is 5.41 Å². The third kappa shape index (κ3) is 2.79. The zero-order valence-corrected chi connectivity index (χ0v) is 10.2. The minimum absolute atomic E-state index is 0.0978. The van der Waals surface area contributed by atoms with Crippen LogP contribution >= 0.6 is 11.3 Å². The van der Waals surface area contributed by atoms with E-state index >= 15 is 0 Å². The molecule has 0 aliphatic carbocycles. The van der Waals surface area contributed by atoms with Gasteiger partial charge in [-0.2, -0.15) is 0 Å². The molecule has 2 N–H and O–H groups in total. The predicted molar refractivity (Wildman–Crippen MR) is 71.2 cm³/mol. The molecular formula is C13H12N2OS. The summed E-state index contributed by atoms with van der Waals surface area (Å²) in [6.45, 7) is 1.74. The van der Waals surface area contributed by atoms with Crippen molar-refractivity contribution < 1.29 is 4.79 Å². The Balaban J connectivity index is 2.09. The molecule has 2 aromatic rings. The number of anilines is 1. The predicted octanol–water partition coefficient (Wildman–Crippen LogP) is 3.39. The van der Waals surface area contributed by atoms with Crippen LogP contribution in [-0.2, 0) is 0 Å². The van der Waals surface area contributed by atoms with Crippen molar-refractivity contribution in [2.75, 3.05) is 5.32 Å². The monoisotopic (exact) mass is 244 g/mol. The van der Waals surface area contributed by atoms with Gasteiger partial charge in [-0.1, -0.05) is 18.2 Å². The first-order valence-electron chi connectivity index (χ1n) is 5.17. The summed E-state index contributed by atoms with van der Waals surface area (Å²) in [5.41, 5.74) is 2.12. The lowest BCUT2D eigenvalue weighted by Gasteiger charge is -2.04. The van der Waals surface area contributed by atoms with E-state index in [1.165, 1.54) is 11.3 Å². The largest absolute Gasteiger partial charge is 0.321 e. The van der Waals surface area contributed by atoms with E-state index in [4.69, 9.17) is 5.41 Å². The molecule has 0 unspecified atom stereocenters. The number of rotatable bonds is 3. The molecule has 1 aromatic heterocycles. The zero-order valence-electron chi connectivity index (χ0n) is 9.36. The molecule has 2 rings (SSSR count). The fourth-order valence-electron chi connectivity index (χ4n) is 1.40. The number of hydrogen-bond donors (Lipinski definition) is 2. The first kappa shape index (κ1) is 11.5. The lowest BCUT2D eigenvalue weighted by molar-refractivity contribution is 0.103. The zero-order chi connectivity index (χ0) is 12.3. The molecule has 1 amide bonds. The SMILES string of the molecule is CC(=N)c1ccc(NC(=O)c2cccs2)cc1. The topological polar surface area (TPSA) is 53.0 Å². The van der Waals surface area contributed by atoms with Crippen molar-refractivity contribution in [3.8, 4) is 0 Å². The standard InChI is InChI=1S/C13H12N2OS/c1-9(14)10-4-6-11(7-5-10)15-13(16)12-3-2-8-17-12/h2-8,14H,1H3,(H,15,16). The van der Waals surface area contributed by atoms with Crippen LogP contribution in [0.15, 0.2) is 41.8 Å². The van der Waals surface area contributed by atoms with Gasteiger partial charge in [0.15, 0.2) is 0 Å². The second-order valence-corrected chi connectivity index (χ2v) is 4.58. The van der Waals surface area contributed by atoms with E-state index < -0.39 is 0 Å². The van der Waals surface area contributed by atoms with Gasteiger partial charge in [-0.25, -0.2) is 0 Å². The van der Waals surface area contributed by atoms with Crippen LogP contribution in [0.25, 0.3) is 0 Å². The third-order valence-corrected chi connectivity index (χ3v) is 3.19. The Kier molecular flexibility index (Phi) is 3.35. The average molecular weight is 244 g/mol. The van der Waals surface area contributed by atoms with Crippen molar-refractivity contribution in [2.24, 2.45) is 0 Å². The number of nitrogens with one attached hydrogen (secondary N) is 2. The van der Waals surface area contributed by atoms with Crippen LogP contribution in [-0.4, -0.2) is 11.6 Å². The minimum Gasteiger partial charge on any atom is -0.321 e. The van der Waals surface area contributed by atoms with Gasteiger partial charge in [0.2, 0.25) is 0 Å². The van der Waals surface area contributed by atoms with Crippen molar-refractivity contribution in [2.45, 2.75) is 6.92 Å². The molecule has 0 saturated heterocycles. The van der Waals surface area contributed by atoms with Crippen molar-refractivity contribution >= 4 is 28.6 Å². The van der Waals surface area contributed by atoms with Crippen LogP contribution in [0, 0.1) is 5.41 Å². The summed E-state index contributed by atoms with van der Waals surface area (Å²) in [5, 5.41) is 12.2. The Hall–Kier alpha value is -1.94. The summed E-state index contributed by atoms with van der Waals surface area (Å²) in [4.78, 5) is 12.4. The Bertz CT molecular complexity index is 529. The minimum atomic E-state index is -0.0978. The molecule has 0 fully saturated rings. The van der Waals surface area contributed by atoms with Crippen LogP contribution < -0.4 is 5.32 Å². The molecule has 0 aliphatic heterocycles. The number of carbonyl (C=O) groups is 1. The quantitative estimate of drug-likeness (QED) is 0.799. The van der Waals surface area contributed by atoms with Crippen LogP contribution in [0.4, 0.5) is 5.69 Å². The second-order valence-electron chi connectivity index (χ2n) is 3.63. The fourth-order valence-corrected chi connectivity index (χ4v) is 2.02. The van der Waals surface area contributed by atoms with Crippen molar-refractivity contribution in [1.82, 2.24) is 0 Å². The molecule has 0 spiro atoms. The van der Waals surface area contributed by atoms with E-state index in [1.807, 2.05) is 23.6 Å². The number of benzene rings is 1. The molecule has 1 aromatic carbocycles. The van der Waals surface area contributed by atoms with Crippen LogP contribution in [0.5, 0.6) is 0 Å². The van der Waals surface area contributed by atoms with Gasteiger partial charge in [0, 0.05) is 11.4 Å². The maximum atomic E-state index is 11.8. The summed E-state index contributed by atoms with van der Waals surface area (Å²) in [5.74, 6) is -0.0978. The van der Waals surface area contributed by atoms with Gasteiger partial charge in [-0.05, 0) is 36.1 Å². The lowest BCUT2D eigenvalue weighted by atomic mass is 10.1. The Morgan fingerprint density at radius 3 is 2.47 bits per heavy atom. The molecule has 3 nitrogen and oxygen atoms in total. The highest BCUT2D eigenvalue weighted by molar-refractivity contribution is 7.12. The normalized spacial score (nSPS) is 9.94. The van der Waals surface area contributed by atoms with Gasteiger partial charge in [0.05, 0.1) is 4.88 Å². The molecule has 4 heteroatoms. The maximum absolute atomic E-state index is 11.8. The number of hydrogen-bond acceptors (Lipinski definition) is 3. The summed E-state index contributed by atoms with van der Waals surface area (Å²) < 4.78 is 0. The van der Waals surface area contributed by atoms with Gasteiger partial charge in [0.25, 0.3) is 5.91 Å². The Morgan fingerprint density at radius 2 is 1.94 bits per heavy atom. The van der Waals surface area contributed by atoms with Gasteiger partial charge in [-0.15, -0.1) is 11.3 Å². The maximum Gasteiger partial charge on any atom is 0.265 e. The van der Waals surface area contributed by atoms with Crippen LogP contribution in [0.2, 0.25) is 0 Å². The first-order chi connectivity index (χ1) is 8.16. The molecular weight excluding hydrogens is 232 g/mol. The van der Waals surface area contributed by atoms with Gasteiger partial charge in [0.1, 0.15) is 0 Å². The van der Waals surface area contributed by atoms with Crippen LogP contribution in [0.3, 0.4) is 0 Å². The summed E-state index contributed by atoms with van der Waals surface area (Å²) in [7, 11) is 0. The third-order valence-electron chi connectivity index (χ3n) is 2.32. The second kappa shape index (κ2) is 4.93. The summed E-state index contributed by atoms with van der Waals surface area (Å²) >= 11 is 1.41. The molecule has 0 saturated carbocycles. The smallest absolute Gasteiger partial charge is 0.265 e. The Labute approximate surface area is 104 Å². The van der Waals surface area contributed by atoms with E-state index in [9.17, 15) is 4.79 Å². The number of thiophene rings is 1. The molecule has 1 heterocycles. The highest BCUT2D eigenvalue weighted by Gasteiger charge is 2.06. The van der Waals surface area contributed by atoms with Gasteiger partial charge >= 0.3 is 0 Å². The summed E-state index contributed by atoms with van der Waals surface area (Å²) in [6.07, 6.45) is 0. The van der Waals surface area contributed by atoms with Gasteiger partial charge < -0.3 is 10.7 Å². The number of amides is 1. The molecule has 0 bridgehead atoms. The van der Waals surface area contributed by atoms with E-state index in [0.29, 0.717) is 10.6 Å². The van der Waals surface area contributed by atoms with Crippen molar-refractivity contribution in [3.63, 3.8) is 0 Å². The van der Waals surface area contributed by atoms with Crippen LogP contribution in [0.1, 0.15) is 22.2 Å². The highest BCUT2D eigenvalue weighted by atomic mass is 32.1. The number of carbonyl (C=O) groups excluding carboxylic acids is 1. The van der Waals surface area contributed by atoms with E-state index in [2.05, 4.69) is 5.32 Å². The first-order valence-corrected chi connectivity index (χ1v) is 6.05. The molecule has 0 atom stereocenters. The molecule has 17 heavy (non-hydrogen) atoms. The molecule has 86 valence electrons. The van der Waals surface area contributed by atoms with E-state index in [0.717, 1.165) is 11.3 Å². The average Bonchev–Trinajstić information content (AvgIpc) is 2.83. The molecule has 0 radical (unpaired) electrons. The lowest BCUT2D eigenvalue weighted by Crippen LogP contribution is -2.10.